The first kappa shape index (κ1) is 21.6. The van der Waals surface area contributed by atoms with Crippen molar-refractivity contribution in [2.45, 2.75) is 19.8 Å². The van der Waals surface area contributed by atoms with Crippen molar-refractivity contribution in [3.63, 3.8) is 0 Å². The molecule has 0 unspecified atom stereocenters. The summed E-state index contributed by atoms with van der Waals surface area (Å²) in [4.78, 5) is 27.0. The summed E-state index contributed by atoms with van der Waals surface area (Å²) in [6, 6.07) is 21.8. The van der Waals surface area contributed by atoms with Crippen LogP contribution >= 0.6 is 0 Å². The van der Waals surface area contributed by atoms with Crippen LogP contribution in [0.2, 0.25) is 0 Å². The Kier molecular flexibility index (Phi) is 5.91. The number of amides is 2. The maximum Gasteiger partial charge on any atom is 0.255 e. The predicted octanol–water partition coefficient (Wildman–Crippen LogP) is 5.20. The summed E-state index contributed by atoms with van der Waals surface area (Å²) >= 11 is 0. The molecule has 1 aliphatic rings. The molecule has 1 N–H and O–H groups in total. The van der Waals surface area contributed by atoms with Gasteiger partial charge in [0.25, 0.3) is 11.8 Å². The van der Waals surface area contributed by atoms with Crippen LogP contribution in [-0.4, -0.2) is 40.0 Å². The van der Waals surface area contributed by atoms with Crippen LogP contribution < -0.4 is 5.32 Å². The Balaban J connectivity index is 1.24. The average molecular weight is 453 g/mol. The number of carbonyl (C=O) groups is 2. The third-order valence-electron chi connectivity index (χ3n) is 5.98. The average Bonchev–Trinajstić information content (AvgIpc) is 3.57. The molecule has 1 fully saturated rings. The standard InChI is InChI=1S/C27H24N4O3/c1-18-6-2-3-7-23(18)26-30-29-25(34-26)20-10-8-19(9-11-20)24(32)28-22-14-12-21(13-15-22)27(33)31-16-4-5-17-31/h2-3,6-15H,4-5,16-17H2,1H3,(H,28,32). The third-order valence-corrected chi connectivity index (χ3v) is 5.98. The van der Waals surface area contributed by atoms with E-state index in [0.29, 0.717) is 28.6 Å². The molecule has 0 radical (unpaired) electrons. The molecule has 5 rings (SSSR count). The van der Waals surface area contributed by atoms with Gasteiger partial charge >= 0.3 is 0 Å². The van der Waals surface area contributed by atoms with E-state index in [9.17, 15) is 9.59 Å². The molecule has 3 aromatic carbocycles. The Hall–Kier alpha value is -4.26. The monoisotopic (exact) mass is 452 g/mol. The number of carbonyl (C=O) groups excluding carboxylic acids is 2. The molecule has 7 heteroatoms. The van der Waals surface area contributed by atoms with E-state index in [-0.39, 0.29) is 11.8 Å². The van der Waals surface area contributed by atoms with Crippen LogP contribution in [-0.2, 0) is 0 Å². The summed E-state index contributed by atoms with van der Waals surface area (Å²) < 4.78 is 5.85. The second kappa shape index (κ2) is 9.31. The maximum absolute atomic E-state index is 12.7. The molecule has 4 aromatic rings. The van der Waals surface area contributed by atoms with Crippen molar-refractivity contribution in [3.05, 3.63) is 89.5 Å². The highest BCUT2D eigenvalue weighted by atomic mass is 16.4. The van der Waals surface area contributed by atoms with E-state index in [0.717, 1.165) is 42.6 Å². The van der Waals surface area contributed by atoms with Gasteiger partial charge in [0.15, 0.2) is 0 Å². The fourth-order valence-corrected chi connectivity index (χ4v) is 4.03. The molecule has 170 valence electrons. The van der Waals surface area contributed by atoms with Crippen LogP contribution in [0.25, 0.3) is 22.9 Å². The molecule has 0 aliphatic carbocycles. The van der Waals surface area contributed by atoms with Crippen molar-refractivity contribution >= 4 is 17.5 Å². The second-order valence-electron chi connectivity index (χ2n) is 8.34. The quantitative estimate of drug-likeness (QED) is 0.450. The Labute approximate surface area is 197 Å². The van der Waals surface area contributed by atoms with Gasteiger partial charge in [0.2, 0.25) is 11.8 Å². The van der Waals surface area contributed by atoms with Crippen molar-refractivity contribution in [2.24, 2.45) is 0 Å². The molecule has 0 bridgehead atoms. The number of nitrogens with one attached hydrogen (secondary N) is 1. The molecule has 1 aromatic heterocycles. The van der Waals surface area contributed by atoms with Gasteiger partial charge in [-0.25, -0.2) is 0 Å². The zero-order valence-electron chi connectivity index (χ0n) is 18.8. The van der Waals surface area contributed by atoms with Crippen molar-refractivity contribution in [3.8, 4) is 22.9 Å². The molecule has 1 saturated heterocycles. The topological polar surface area (TPSA) is 88.3 Å². The highest BCUT2D eigenvalue weighted by Gasteiger charge is 2.19. The first-order valence-electron chi connectivity index (χ1n) is 11.3. The summed E-state index contributed by atoms with van der Waals surface area (Å²) in [5.74, 6) is 0.652. The normalized spacial score (nSPS) is 13.1. The third kappa shape index (κ3) is 4.45. The highest BCUT2D eigenvalue weighted by molar-refractivity contribution is 6.04. The number of benzene rings is 3. The van der Waals surface area contributed by atoms with Gasteiger partial charge in [-0.2, -0.15) is 0 Å². The Morgan fingerprint density at radius 3 is 2.18 bits per heavy atom. The van der Waals surface area contributed by atoms with Crippen LogP contribution in [0.15, 0.2) is 77.2 Å². The zero-order valence-corrected chi connectivity index (χ0v) is 18.8. The molecule has 34 heavy (non-hydrogen) atoms. The number of rotatable bonds is 5. The van der Waals surface area contributed by atoms with Gasteiger partial charge in [0, 0.05) is 41.0 Å². The van der Waals surface area contributed by atoms with Crippen LogP contribution in [0.4, 0.5) is 5.69 Å². The summed E-state index contributed by atoms with van der Waals surface area (Å²) in [5.41, 5.74) is 4.44. The molecular formula is C27H24N4O3. The van der Waals surface area contributed by atoms with E-state index in [1.54, 1.807) is 48.5 Å². The lowest BCUT2D eigenvalue weighted by Gasteiger charge is -2.15. The number of likely N-dealkylation sites (tertiary alicyclic amines) is 1. The van der Waals surface area contributed by atoms with E-state index < -0.39 is 0 Å². The minimum Gasteiger partial charge on any atom is -0.416 e. The van der Waals surface area contributed by atoms with Gasteiger partial charge in [-0.05, 0) is 79.9 Å². The first-order chi connectivity index (χ1) is 16.6. The van der Waals surface area contributed by atoms with Crippen molar-refractivity contribution in [1.82, 2.24) is 15.1 Å². The first-order valence-corrected chi connectivity index (χ1v) is 11.3. The lowest BCUT2D eigenvalue weighted by molar-refractivity contribution is 0.0792. The molecule has 2 heterocycles. The summed E-state index contributed by atoms with van der Waals surface area (Å²) in [6.45, 7) is 3.61. The van der Waals surface area contributed by atoms with Crippen LogP contribution in [0.3, 0.4) is 0 Å². The van der Waals surface area contributed by atoms with Crippen molar-refractivity contribution in [2.75, 3.05) is 18.4 Å². The zero-order chi connectivity index (χ0) is 23.5. The van der Waals surface area contributed by atoms with E-state index in [2.05, 4.69) is 15.5 Å². The predicted molar refractivity (Wildman–Crippen MR) is 129 cm³/mol. The second-order valence-corrected chi connectivity index (χ2v) is 8.34. The number of nitrogens with zero attached hydrogens (tertiary/aromatic N) is 3. The SMILES string of the molecule is Cc1ccccc1-c1nnc(-c2ccc(C(=O)Nc3ccc(C(=O)N4CCCC4)cc3)cc2)o1. The highest BCUT2D eigenvalue weighted by Crippen LogP contribution is 2.26. The molecule has 1 aliphatic heterocycles. The fourth-order valence-electron chi connectivity index (χ4n) is 4.03. The van der Waals surface area contributed by atoms with E-state index in [4.69, 9.17) is 4.42 Å². The van der Waals surface area contributed by atoms with Crippen LogP contribution in [0, 0.1) is 6.92 Å². The Morgan fingerprint density at radius 1 is 0.824 bits per heavy atom. The summed E-state index contributed by atoms with van der Waals surface area (Å²) in [5, 5.41) is 11.2. The van der Waals surface area contributed by atoms with E-state index in [1.165, 1.54) is 0 Å². The fraction of sp³-hybridized carbons (Fsp3) is 0.185. The number of aryl methyl sites for hydroxylation is 1. The number of aromatic nitrogens is 2. The largest absolute Gasteiger partial charge is 0.416 e. The molecule has 7 nitrogen and oxygen atoms in total. The molecule has 0 saturated carbocycles. The number of anilines is 1. The maximum atomic E-state index is 12.7. The van der Waals surface area contributed by atoms with Gasteiger partial charge in [0.05, 0.1) is 0 Å². The van der Waals surface area contributed by atoms with Crippen molar-refractivity contribution < 1.29 is 14.0 Å². The lowest BCUT2D eigenvalue weighted by atomic mass is 10.1. The van der Waals surface area contributed by atoms with Gasteiger partial charge < -0.3 is 14.6 Å². The Bertz CT molecular complexity index is 1320. The molecule has 0 spiro atoms. The van der Waals surface area contributed by atoms with Gasteiger partial charge in [-0.3, -0.25) is 9.59 Å². The molecule has 2 amide bonds. The molecular weight excluding hydrogens is 428 g/mol. The van der Waals surface area contributed by atoms with Gasteiger partial charge in [-0.1, -0.05) is 18.2 Å². The number of hydrogen-bond acceptors (Lipinski definition) is 5. The van der Waals surface area contributed by atoms with Gasteiger partial charge in [0.1, 0.15) is 0 Å². The van der Waals surface area contributed by atoms with E-state index in [1.807, 2.05) is 36.1 Å². The number of hydrogen-bond donors (Lipinski definition) is 1. The van der Waals surface area contributed by atoms with Crippen LogP contribution in [0.1, 0.15) is 39.1 Å². The van der Waals surface area contributed by atoms with Gasteiger partial charge in [-0.15, -0.1) is 10.2 Å². The minimum absolute atomic E-state index is 0.0394. The molecule has 0 atom stereocenters. The van der Waals surface area contributed by atoms with Crippen molar-refractivity contribution in [1.29, 1.82) is 0 Å². The minimum atomic E-state index is -0.240. The van der Waals surface area contributed by atoms with E-state index >= 15 is 0 Å². The van der Waals surface area contributed by atoms with Crippen LogP contribution in [0.5, 0.6) is 0 Å². The summed E-state index contributed by atoms with van der Waals surface area (Å²) in [6.07, 6.45) is 2.11. The lowest BCUT2D eigenvalue weighted by Crippen LogP contribution is -2.27. The smallest absolute Gasteiger partial charge is 0.255 e. The Morgan fingerprint density at radius 2 is 1.47 bits per heavy atom. The summed E-state index contributed by atoms with van der Waals surface area (Å²) in [7, 11) is 0.